The molecule has 3 aromatic rings. The molecule has 2 nitrogen and oxygen atoms in total. The van der Waals surface area contributed by atoms with Gasteiger partial charge in [-0.1, -0.05) is 66.4 Å². The fourth-order valence-corrected chi connectivity index (χ4v) is 5.28. The molecule has 0 unspecified atom stereocenters. The summed E-state index contributed by atoms with van der Waals surface area (Å²) in [6.07, 6.45) is 3.76. The second-order valence-corrected chi connectivity index (χ2v) is 8.88. The standard InChI is InChI=1S/C27H29NOS/c1-3-28(4-2)27(29)25-22-16-14-20-10-12-21(13-11-20)15-17-23(19-18-22)26(25)30-24-8-6-5-7-9-24/h5-13,18-19H,3-4,14-17H2,1-2H3. The number of carbonyl (C=O) groups excluding carboxylic acids is 1. The first kappa shape index (κ1) is 20.7. The summed E-state index contributed by atoms with van der Waals surface area (Å²) in [5.74, 6) is 0.168. The predicted molar refractivity (Wildman–Crippen MR) is 126 cm³/mol. The Morgan fingerprint density at radius 2 is 1.33 bits per heavy atom. The van der Waals surface area contributed by atoms with E-state index in [2.05, 4.69) is 74.5 Å². The number of aryl methyl sites for hydroxylation is 4. The summed E-state index contributed by atoms with van der Waals surface area (Å²) in [5.41, 5.74) is 6.05. The Kier molecular flexibility index (Phi) is 6.59. The number of hydrogen-bond acceptors (Lipinski definition) is 2. The van der Waals surface area contributed by atoms with Gasteiger partial charge in [0.15, 0.2) is 0 Å². The molecule has 0 aromatic heterocycles. The monoisotopic (exact) mass is 415 g/mol. The maximum atomic E-state index is 13.7. The van der Waals surface area contributed by atoms with Gasteiger partial charge < -0.3 is 4.90 Å². The lowest BCUT2D eigenvalue weighted by Crippen LogP contribution is -2.32. The van der Waals surface area contributed by atoms with E-state index >= 15 is 0 Å². The molecular weight excluding hydrogens is 386 g/mol. The van der Waals surface area contributed by atoms with Crippen LogP contribution in [0.3, 0.4) is 0 Å². The van der Waals surface area contributed by atoms with Crippen LogP contribution in [-0.2, 0) is 25.7 Å². The molecule has 0 saturated carbocycles. The van der Waals surface area contributed by atoms with Gasteiger partial charge in [0, 0.05) is 22.9 Å². The summed E-state index contributed by atoms with van der Waals surface area (Å²) in [6.45, 7) is 5.59. The smallest absolute Gasteiger partial charge is 0.255 e. The summed E-state index contributed by atoms with van der Waals surface area (Å²) >= 11 is 1.74. The average Bonchev–Trinajstić information content (AvgIpc) is 2.77. The molecule has 0 spiro atoms. The molecule has 0 N–H and O–H groups in total. The van der Waals surface area contributed by atoms with Crippen molar-refractivity contribution in [3.8, 4) is 0 Å². The van der Waals surface area contributed by atoms with Crippen molar-refractivity contribution in [3.05, 3.63) is 94.5 Å². The minimum Gasteiger partial charge on any atom is -0.339 e. The fourth-order valence-electron chi connectivity index (χ4n) is 4.13. The molecule has 0 saturated heterocycles. The van der Waals surface area contributed by atoms with Gasteiger partial charge >= 0.3 is 0 Å². The molecular formula is C27H29NOS. The molecule has 154 valence electrons. The third-order valence-electron chi connectivity index (χ3n) is 5.94. The molecule has 4 bridgehead atoms. The highest BCUT2D eigenvalue weighted by Gasteiger charge is 2.24. The highest BCUT2D eigenvalue weighted by atomic mass is 32.2. The van der Waals surface area contributed by atoms with Gasteiger partial charge in [-0.25, -0.2) is 0 Å². The normalized spacial score (nSPS) is 13.0. The van der Waals surface area contributed by atoms with Crippen LogP contribution in [0.4, 0.5) is 0 Å². The summed E-state index contributed by atoms with van der Waals surface area (Å²) in [4.78, 5) is 18.0. The molecule has 7 rings (SSSR count). The SMILES string of the molecule is CCN(CC)C(=O)c1c2ccc(c1Sc1ccccc1)CCc1ccc(cc1)CC2. The third-order valence-corrected chi connectivity index (χ3v) is 7.12. The van der Waals surface area contributed by atoms with E-state index in [4.69, 9.17) is 0 Å². The second-order valence-electron chi connectivity index (χ2n) is 7.80. The Labute approximate surface area is 184 Å². The maximum Gasteiger partial charge on any atom is 0.255 e. The van der Waals surface area contributed by atoms with Crippen LogP contribution in [0.2, 0.25) is 0 Å². The molecule has 1 amide bonds. The number of hydrogen-bond donors (Lipinski definition) is 0. The first-order valence-electron chi connectivity index (χ1n) is 10.9. The number of amides is 1. The third kappa shape index (κ3) is 4.46. The number of nitrogens with zero attached hydrogens (tertiary/aromatic N) is 1. The molecule has 0 heterocycles. The van der Waals surface area contributed by atoms with Crippen molar-refractivity contribution in [1.29, 1.82) is 0 Å². The van der Waals surface area contributed by atoms with Crippen LogP contribution >= 0.6 is 11.8 Å². The van der Waals surface area contributed by atoms with Gasteiger partial charge in [0.1, 0.15) is 0 Å². The quantitative estimate of drug-likeness (QED) is 0.494. The molecule has 4 aliphatic rings. The van der Waals surface area contributed by atoms with Crippen molar-refractivity contribution < 1.29 is 4.79 Å². The minimum atomic E-state index is 0.168. The zero-order valence-electron chi connectivity index (χ0n) is 17.9. The summed E-state index contributed by atoms with van der Waals surface area (Å²) in [5, 5.41) is 0. The molecule has 0 aliphatic heterocycles. The van der Waals surface area contributed by atoms with Crippen LogP contribution in [0, 0.1) is 0 Å². The van der Waals surface area contributed by atoms with E-state index in [1.807, 2.05) is 11.0 Å². The zero-order valence-corrected chi connectivity index (χ0v) is 18.7. The number of carbonyl (C=O) groups is 1. The second kappa shape index (κ2) is 9.53. The zero-order chi connectivity index (χ0) is 20.9. The molecule has 3 aromatic carbocycles. The summed E-state index contributed by atoms with van der Waals surface area (Å²) in [6, 6.07) is 23.9. The number of benzene rings is 3. The van der Waals surface area contributed by atoms with Gasteiger partial charge in [0.2, 0.25) is 0 Å². The summed E-state index contributed by atoms with van der Waals surface area (Å²) < 4.78 is 0. The van der Waals surface area contributed by atoms with Crippen LogP contribution in [0.5, 0.6) is 0 Å². The van der Waals surface area contributed by atoms with Gasteiger partial charge in [-0.3, -0.25) is 4.79 Å². The molecule has 0 radical (unpaired) electrons. The first-order valence-corrected chi connectivity index (χ1v) is 11.8. The molecule has 0 atom stereocenters. The van der Waals surface area contributed by atoms with E-state index < -0.39 is 0 Å². The number of rotatable bonds is 5. The Morgan fingerprint density at radius 1 is 0.767 bits per heavy atom. The lowest BCUT2D eigenvalue weighted by atomic mass is 9.92. The van der Waals surface area contributed by atoms with Gasteiger partial charge in [-0.15, -0.1) is 0 Å². The van der Waals surface area contributed by atoms with E-state index in [0.717, 1.165) is 49.2 Å². The fraction of sp³-hybridized carbons (Fsp3) is 0.296. The van der Waals surface area contributed by atoms with E-state index in [1.54, 1.807) is 11.8 Å². The highest BCUT2D eigenvalue weighted by Crippen LogP contribution is 2.37. The highest BCUT2D eigenvalue weighted by molar-refractivity contribution is 7.99. The largest absolute Gasteiger partial charge is 0.339 e. The van der Waals surface area contributed by atoms with Crippen molar-refractivity contribution in [1.82, 2.24) is 4.90 Å². The molecule has 3 heteroatoms. The van der Waals surface area contributed by atoms with Crippen LogP contribution in [-0.4, -0.2) is 23.9 Å². The van der Waals surface area contributed by atoms with Crippen molar-refractivity contribution in [2.75, 3.05) is 13.1 Å². The van der Waals surface area contributed by atoms with Gasteiger partial charge in [-0.2, -0.15) is 0 Å². The van der Waals surface area contributed by atoms with Gasteiger partial charge in [0.25, 0.3) is 5.91 Å². The van der Waals surface area contributed by atoms with Gasteiger partial charge in [0.05, 0.1) is 5.56 Å². The molecule has 4 aliphatic carbocycles. The van der Waals surface area contributed by atoms with Crippen LogP contribution in [0.15, 0.2) is 76.5 Å². The molecule has 0 fully saturated rings. The van der Waals surface area contributed by atoms with Crippen molar-refractivity contribution in [3.63, 3.8) is 0 Å². The average molecular weight is 416 g/mol. The van der Waals surface area contributed by atoms with Crippen LogP contribution < -0.4 is 0 Å². The van der Waals surface area contributed by atoms with E-state index in [0.29, 0.717) is 0 Å². The van der Waals surface area contributed by atoms with Gasteiger partial charge in [-0.05, 0) is 73.9 Å². The van der Waals surface area contributed by atoms with E-state index in [1.165, 1.54) is 27.1 Å². The van der Waals surface area contributed by atoms with Crippen molar-refractivity contribution in [2.45, 2.75) is 49.3 Å². The predicted octanol–water partition coefficient (Wildman–Crippen LogP) is 6.20. The minimum absolute atomic E-state index is 0.168. The maximum absolute atomic E-state index is 13.7. The van der Waals surface area contributed by atoms with Crippen LogP contribution in [0.1, 0.15) is 46.5 Å². The Bertz CT molecular complexity index is 1010. The lowest BCUT2D eigenvalue weighted by molar-refractivity contribution is 0.0768. The van der Waals surface area contributed by atoms with E-state index in [-0.39, 0.29) is 5.91 Å². The topological polar surface area (TPSA) is 20.3 Å². The first-order chi connectivity index (χ1) is 14.7. The lowest BCUT2D eigenvalue weighted by Gasteiger charge is -2.24. The Morgan fingerprint density at radius 3 is 1.93 bits per heavy atom. The van der Waals surface area contributed by atoms with Crippen molar-refractivity contribution >= 4 is 17.7 Å². The molecule has 30 heavy (non-hydrogen) atoms. The van der Waals surface area contributed by atoms with Crippen molar-refractivity contribution in [2.24, 2.45) is 0 Å². The summed E-state index contributed by atoms with van der Waals surface area (Å²) in [7, 11) is 0. The van der Waals surface area contributed by atoms with E-state index in [9.17, 15) is 4.79 Å². The Hall–Kier alpha value is -2.52. The Balaban J connectivity index is 1.85. The van der Waals surface area contributed by atoms with Crippen LogP contribution in [0.25, 0.3) is 0 Å².